The van der Waals surface area contributed by atoms with Crippen LogP contribution in [-0.2, 0) is 6.42 Å². The van der Waals surface area contributed by atoms with E-state index in [4.69, 9.17) is 0 Å². The molecule has 1 N–H and O–H groups in total. The summed E-state index contributed by atoms with van der Waals surface area (Å²) in [6.45, 7) is 3.01. The monoisotopic (exact) mass is 315 g/mol. The lowest BCUT2D eigenvalue weighted by atomic mass is 10.1. The van der Waals surface area contributed by atoms with Gasteiger partial charge in [-0.1, -0.05) is 65.3 Å². The molecule has 0 unspecified atom stereocenters. The third-order valence-corrected chi connectivity index (χ3v) is 3.46. The van der Waals surface area contributed by atoms with Gasteiger partial charge in [-0.2, -0.15) is 0 Å². The van der Waals surface area contributed by atoms with Crippen molar-refractivity contribution in [3.05, 3.63) is 70.2 Å². The molecule has 0 aromatic heterocycles. The molecule has 0 aliphatic rings. The molecular formula is C17H18BrN. The number of nitrogens with one attached hydrogen (secondary N) is 1. The van der Waals surface area contributed by atoms with Crippen LogP contribution in [0.4, 0.5) is 5.69 Å². The lowest BCUT2D eigenvalue weighted by Crippen LogP contribution is -2.01. The third-order valence-electron chi connectivity index (χ3n) is 2.97. The maximum absolute atomic E-state index is 3.51. The van der Waals surface area contributed by atoms with Crippen LogP contribution >= 0.6 is 15.9 Å². The summed E-state index contributed by atoms with van der Waals surface area (Å²) in [6.07, 6.45) is 5.32. The van der Waals surface area contributed by atoms with Gasteiger partial charge in [0.2, 0.25) is 0 Å². The Morgan fingerprint density at radius 1 is 1.11 bits per heavy atom. The molecule has 2 rings (SSSR count). The van der Waals surface area contributed by atoms with Gasteiger partial charge in [-0.15, -0.1) is 0 Å². The van der Waals surface area contributed by atoms with Crippen molar-refractivity contribution in [2.24, 2.45) is 0 Å². The maximum Gasteiger partial charge on any atom is 0.0375 e. The second kappa shape index (κ2) is 7.15. The van der Waals surface area contributed by atoms with Crippen molar-refractivity contribution in [1.82, 2.24) is 0 Å². The van der Waals surface area contributed by atoms with E-state index in [1.165, 1.54) is 16.8 Å². The van der Waals surface area contributed by atoms with Gasteiger partial charge in [0.1, 0.15) is 0 Å². The van der Waals surface area contributed by atoms with E-state index < -0.39 is 0 Å². The summed E-state index contributed by atoms with van der Waals surface area (Å²) in [6, 6.07) is 16.7. The first-order chi connectivity index (χ1) is 9.29. The maximum atomic E-state index is 3.51. The average molecular weight is 316 g/mol. The molecule has 0 spiro atoms. The Morgan fingerprint density at radius 3 is 2.63 bits per heavy atom. The molecule has 0 radical (unpaired) electrons. The highest BCUT2D eigenvalue weighted by molar-refractivity contribution is 9.10. The van der Waals surface area contributed by atoms with E-state index in [1.54, 1.807) is 0 Å². The Labute approximate surface area is 123 Å². The van der Waals surface area contributed by atoms with E-state index in [0.29, 0.717) is 0 Å². The highest BCUT2D eigenvalue weighted by Gasteiger charge is 1.99. The normalized spacial score (nSPS) is 10.8. The van der Waals surface area contributed by atoms with Crippen LogP contribution in [0, 0.1) is 0 Å². The number of hydrogen-bond acceptors (Lipinski definition) is 1. The summed E-state index contributed by atoms with van der Waals surface area (Å²) < 4.78 is 1.13. The molecule has 0 aliphatic heterocycles. The van der Waals surface area contributed by atoms with Crippen LogP contribution in [0.15, 0.2) is 59.1 Å². The Balaban J connectivity index is 1.94. The highest BCUT2D eigenvalue weighted by atomic mass is 79.9. The van der Waals surface area contributed by atoms with Crippen LogP contribution in [0.5, 0.6) is 0 Å². The Hall–Kier alpha value is -1.54. The zero-order chi connectivity index (χ0) is 13.5. The van der Waals surface area contributed by atoms with Crippen LogP contribution in [-0.4, -0.2) is 6.54 Å². The van der Waals surface area contributed by atoms with Gasteiger partial charge in [0.25, 0.3) is 0 Å². The molecule has 0 fully saturated rings. The minimum absolute atomic E-state index is 0.837. The minimum atomic E-state index is 0.837. The lowest BCUT2D eigenvalue weighted by Gasteiger charge is -2.09. The number of anilines is 1. The smallest absolute Gasteiger partial charge is 0.0375 e. The SMILES string of the molecule is CCc1cc(Br)ccc1NC/C=C/c1ccccc1. The summed E-state index contributed by atoms with van der Waals surface area (Å²) in [5.74, 6) is 0. The van der Waals surface area contributed by atoms with E-state index in [2.05, 4.69) is 82.8 Å². The molecule has 2 aromatic carbocycles. The Bertz CT molecular complexity index is 546. The second-order valence-corrected chi connectivity index (χ2v) is 5.26. The highest BCUT2D eigenvalue weighted by Crippen LogP contribution is 2.21. The molecule has 1 nitrogen and oxygen atoms in total. The minimum Gasteiger partial charge on any atom is -0.381 e. The van der Waals surface area contributed by atoms with Crippen LogP contribution < -0.4 is 5.32 Å². The second-order valence-electron chi connectivity index (χ2n) is 4.35. The van der Waals surface area contributed by atoms with Gasteiger partial charge in [-0.05, 0) is 35.7 Å². The summed E-state index contributed by atoms with van der Waals surface area (Å²) in [5.41, 5.74) is 3.78. The molecule has 0 saturated carbocycles. The van der Waals surface area contributed by atoms with Crippen LogP contribution in [0.25, 0.3) is 6.08 Å². The predicted molar refractivity (Wildman–Crippen MR) is 87.5 cm³/mol. The van der Waals surface area contributed by atoms with E-state index in [1.807, 2.05) is 6.07 Å². The third kappa shape index (κ3) is 4.25. The van der Waals surface area contributed by atoms with Gasteiger partial charge in [-0.3, -0.25) is 0 Å². The van der Waals surface area contributed by atoms with Crippen molar-refractivity contribution in [1.29, 1.82) is 0 Å². The van der Waals surface area contributed by atoms with E-state index in [-0.39, 0.29) is 0 Å². The molecule has 98 valence electrons. The van der Waals surface area contributed by atoms with Crippen LogP contribution in [0.3, 0.4) is 0 Å². The largest absolute Gasteiger partial charge is 0.381 e. The molecule has 0 aliphatic carbocycles. The summed E-state index contributed by atoms with van der Waals surface area (Å²) >= 11 is 3.51. The first kappa shape index (κ1) is 13.9. The van der Waals surface area contributed by atoms with Crippen molar-refractivity contribution in [3.63, 3.8) is 0 Å². The van der Waals surface area contributed by atoms with E-state index in [0.717, 1.165) is 17.4 Å². The van der Waals surface area contributed by atoms with Gasteiger partial charge < -0.3 is 5.32 Å². The van der Waals surface area contributed by atoms with Gasteiger partial charge in [-0.25, -0.2) is 0 Å². The van der Waals surface area contributed by atoms with Crippen molar-refractivity contribution in [2.75, 3.05) is 11.9 Å². The van der Waals surface area contributed by atoms with Gasteiger partial charge >= 0.3 is 0 Å². The quantitative estimate of drug-likeness (QED) is 0.805. The number of benzene rings is 2. The topological polar surface area (TPSA) is 12.0 Å². The number of halogens is 1. The molecule has 0 amide bonds. The van der Waals surface area contributed by atoms with Crippen LogP contribution in [0.1, 0.15) is 18.1 Å². The zero-order valence-corrected chi connectivity index (χ0v) is 12.7. The van der Waals surface area contributed by atoms with Crippen molar-refractivity contribution in [2.45, 2.75) is 13.3 Å². The van der Waals surface area contributed by atoms with E-state index in [9.17, 15) is 0 Å². The van der Waals surface area contributed by atoms with Crippen molar-refractivity contribution in [3.8, 4) is 0 Å². The Kier molecular flexibility index (Phi) is 5.22. The number of hydrogen-bond donors (Lipinski definition) is 1. The fourth-order valence-electron chi connectivity index (χ4n) is 1.96. The number of rotatable bonds is 5. The molecule has 0 atom stereocenters. The lowest BCUT2D eigenvalue weighted by molar-refractivity contribution is 1.13. The molecule has 2 aromatic rings. The molecular weight excluding hydrogens is 298 g/mol. The van der Waals surface area contributed by atoms with Gasteiger partial charge in [0.05, 0.1) is 0 Å². The predicted octanol–water partition coefficient (Wildman–Crippen LogP) is 5.14. The van der Waals surface area contributed by atoms with Gasteiger partial charge in [0, 0.05) is 16.7 Å². The Morgan fingerprint density at radius 2 is 1.89 bits per heavy atom. The fraction of sp³-hybridized carbons (Fsp3) is 0.176. The number of aryl methyl sites for hydroxylation is 1. The average Bonchev–Trinajstić information content (AvgIpc) is 2.46. The molecule has 0 saturated heterocycles. The van der Waals surface area contributed by atoms with Crippen molar-refractivity contribution < 1.29 is 0 Å². The molecule has 0 bridgehead atoms. The molecule has 0 heterocycles. The summed E-state index contributed by atoms with van der Waals surface area (Å²) in [5, 5.41) is 3.45. The first-order valence-electron chi connectivity index (χ1n) is 6.53. The van der Waals surface area contributed by atoms with Crippen molar-refractivity contribution >= 4 is 27.7 Å². The zero-order valence-electron chi connectivity index (χ0n) is 11.1. The van der Waals surface area contributed by atoms with E-state index >= 15 is 0 Å². The first-order valence-corrected chi connectivity index (χ1v) is 7.33. The molecule has 2 heteroatoms. The summed E-state index contributed by atoms with van der Waals surface area (Å²) in [4.78, 5) is 0. The summed E-state index contributed by atoms with van der Waals surface area (Å²) in [7, 11) is 0. The fourth-order valence-corrected chi connectivity index (χ4v) is 2.36. The van der Waals surface area contributed by atoms with Gasteiger partial charge in [0.15, 0.2) is 0 Å². The molecule has 19 heavy (non-hydrogen) atoms. The standard InChI is InChI=1S/C17H18BrN/c1-2-15-13-16(18)10-11-17(15)19-12-6-9-14-7-4-3-5-8-14/h3-11,13,19H,2,12H2,1H3/b9-6+. The van der Waals surface area contributed by atoms with Crippen LogP contribution in [0.2, 0.25) is 0 Å².